The van der Waals surface area contributed by atoms with Crippen LogP contribution >= 0.6 is 0 Å². The lowest BCUT2D eigenvalue weighted by Gasteiger charge is -2.40. The van der Waals surface area contributed by atoms with Gasteiger partial charge in [0.2, 0.25) is 0 Å². The van der Waals surface area contributed by atoms with Crippen LogP contribution in [0, 0.1) is 5.92 Å². The number of hydrogen-bond donors (Lipinski definition) is 3. The maximum absolute atomic E-state index is 10.0. The Hall–Kier alpha value is -0.200. The van der Waals surface area contributed by atoms with E-state index in [2.05, 4.69) is 6.92 Å². The summed E-state index contributed by atoms with van der Waals surface area (Å²) in [4.78, 5) is 0. The summed E-state index contributed by atoms with van der Waals surface area (Å²) in [5.74, 6) is -0.301. The van der Waals surface area contributed by atoms with Crippen LogP contribution in [0.2, 0.25) is 0 Å². The van der Waals surface area contributed by atoms with Gasteiger partial charge in [-0.05, 0) is 6.42 Å². The predicted octanol–water partition coefficient (Wildman–Crippen LogP) is 4.56. The van der Waals surface area contributed by atoms with Gasteiger partial charge in [-0.3, -0.25) is 0 Å². The van der Waals surface area contributed by atoms with Crippen LogP contribution in [0.25, 0.3) is 0 Å². The van der Waals surface area contributed by atoms with Gasteiger partial charge in [-0.15, -0.1) is 0 Å². The van der Waals surface area contributed by atoms with E-state index in [1.165, 1.54) is 77.0 Å². The zero-order valence-electron chi connectivity index (χ0n) is 18.4. The first kappa shape index (κ1) is 25.8. The molecule has 168 valence electrons. The molecule has 0 radical (unpaired) electrons. The van der Waals surface area contributed by atoms with Gasteiger partial charge >= 0.3 is 0 Å². The second kappa shape index (κ2) is 16.6. The second-order valence-electron chi connectivity index (χ2n) is 8.53. The van der Waals surface area contributed by atoms with Gasteiger partial charge in [0, 0.05) is 12.5 Å². The highest BCUT2D eigenvalue weighted by molar-refractivity contribution is 4.86. The van der Waals surface area contributed by atoms with Crippen LogP contribution < -0.4 is 0 Å². The Morgan fingerprint density at radius 2 is 1.18 bits per heavy atom. The number of hydrogen-bond acceptors (Lipinski definition) is 5. The Bertz CT molecular complexity index is 350. The molecular formula is C23H46O5. The van der Waals surface area contributed by atoms with Crippen molar-refractivity contribution < 1.29 is 24.8 Å². The van der Waals surface area contributed by atoms with E-state index in [0.29, 0.717) is 6.61 Å². The van der Waals surface area contributed by atoms with E-state index in [-0.39, 0.29) is 12.5 Å². The van der Waals surface area contributed by atoms with E-state index in [9.17, 15) is 15.3 Å². The molecule has 5 heteroatoms. The van der Waals surface area contributed by atoms with Crippen LogP contribution in [0.15, 0.2) is 0 Å². The van der Waals surface area contributed by atoms with E-state index in [4.69, 9.17) is 9.47 Å². The Kier molecular flexibility index (Phi) is 15.3. The maximum atomic E-state index is 10.0. The average Bonchev–Trinajstić information content (AvgIpc) is 2.70. The highest BCUT2D eigenvalue weighted by atomic mass is 16.7. The number of ether oxygens (including phenoxy) is 2. The maximum Gasteiger partial charge on any atom is 0.163 e. The van der Waals surface area contributed by atoms with Crippen LogP contribution in [-0.4, -0.2) is 53.1 Å². The molecule has 5 atom stereocenters. The fraction of sp³-hybridized carbons (Fsp3) is 1.00. The Morgan fingerprint density at radius 1 is 0.714 bits per heavy atom. The topological polar surface area (TPSA) is 79.2 Å². The molecule has 1 rings (SSSR count). The van der Waals surface area contributed by atoms with Gasteiger partial charge in [0.15, 0.2) is 6.29 Å². The van der Waals surface area contributed by atoms with Gasteiger partial charge in [0.05, 0.1) is 12.7 Å². The Balaban J connectivity index is 1.90. The lowest BCUT2D eigenvalue weighted by molar-refractivity contribution is -0.282. The quantitative estimate of drug-likeness (QED) is 0.311. The second-order valence-corrected chi connectivity index (χ2v) is 8.53. The van der Waals surface area contributed by atoms with Crippen molar-refractivity contribution in [3.8, 4) is 0 Å². The molecule has 1 heterocycles. The molecule has 28 heavy (non-hydrogen) atoms. The minimum atomic E-state index is -1.05. The highest BCUT2D eigenvalue weighted by Crippen LogP contribution is 2.26. The lowest BCUT2D eigenvalue weighted by Crippen LogP contribution is -2.55. The summed E-state index contributed by atoms with van der Waals surface area (Å²) in [6, 6.07) is 0. The molecular weight excluding hydrogens is 356 g/mol. The Morgan fingerprint density at radius 3 is 1.64 bits per heavy atom. The fourth-order valence-electron chi connectivity index (χ4n) is 3.91. The molecule has 0 aromatic rings. The van der Waals surface area contributed by atoms with Crippen molar-refractivity contribution in [2.75, 3.05) is 13.2 Å². The summed E-state index contributed by atoms with van der Waals surface area (Å²) >= 11 is 0. The van der Waals surface area contributed by atoms with Crippen LogP contribution in [0.1, 0.15) is 104 Å². The normalized spacial score (nSPS) is 28.0. The first-order chi connectivity index (χ1) is 13.6. The third kappa shape index (κ3) is 10.5. The summed E-state index contributed by atoms with van der Waals surface area (Å²) in [6.45, 7) is 4.35. The smallest absolute Gasteiger partial charge is 0.163 e. The van der Waals surface area contributed by atoms with Crippen molar-refractivity contribution in [2.45, 2.75) is 128 Å². The SMILES string of the molecule is CCCCCCCCCCCCCCCCO[C@@H]1OC(CO)[C@H](O)C(O)C1C. The van der Waals surface area contributed by atoms with E-state index in [0.717, 1.165) is 12.8 Å². The van der Waals surface area contributed by atoms with Crippen LogP contribution in [0.4, 0.5) is 0 Å². The molecule has 5 nitrogen and oxygen atoms in total. The molecule has 3 N–H and O–H groups in total. The van der Waals surface area contributed by atoms with E-state index >= 15 is 0 Å². The molecule has 0 aromatic carbocycles. The van der Waals surface area contributed by atoms with Crippen LogP contribution in [-0.2, 0) is 9.47 Å². The minimum absolute atomic E-state index is 0.301. The largest absolute Gasteiger partial charge is 0.394 e. The molecule has 0 bridgehead atoms. The van der Waals surface area contributed by atoms with Gasteiger partial charge in [-0.25, -0.2) is 0 Å². The van der Waals surface area contributed by atoms with E-state index in [1.807, 2.05) is 0 Å². The van der Waals surface area contributed by atoms with Crippen molar-refractivity contribution in [2.24, 2.45) is 5.92 Å². The van der Waals surface area contributed by atoms with Gasteiger partial charge in [-0.2, -0.15) is 0 Å². The molecule has 1 fully saturated rings. The minimum Gasteiger partial charge on any atom is -0.394 e. The fourth-order valence-corrected chi connectivity index (χ4v) is 3.91. The summed E-state index contributed by atoms with van der Waals surface area (Å²) in [5, 5.41) is 29.1. The number of aliphatic hydroxyl groups is 3. The van der Waals surface area contributed by atoms with Gasteiger partial charge in [0.1, 0.15) is 12.2 Å². The summed E-state index contributed by atoms with van der Waals surface area (Å²) < 4.78 is 11.3. The Labute approximate surface area is 172 Å². The predicted molar refractivity (Wildman–Crippen MR) is 113 cm³/mol. The molecule has 0 amide bonds. The van der Waals surface area contributed by atoms with Gasteiger partial charge in [0.25, 0.3) is 0 Å². The third-order valence-corrected chi connectivity index (χ3v) is 5.97. The molecule has 1 aliphatic heterocycles. The molecule has 0 saturated carbocycles. The van der Waals surface area contributed by atoms with Gasteiger partial charge < -0.3 is 24.8 Å². The van der Waals surface area contributed by atoms with E-state index in [1.54, 1.807) is 6.92 Å². The van der Waals surface area contributed by atoms with Crippen LogP contribution in [0.3, 0.4) is 0 Å². The van der Waals surface area contributed by atoms with Gasteiger partial charge in [-0.1, -0.05) is 97.3 Å². The number of rotatable bonds is 17. The first-order valence-corrected chi connectivity index (χ1v) is 11.9. The molecule has 0 aliphatic carbocycles. The molecule has 1 aliphatic rings. The summed E-state index contributed by atoms with van der Waals surface area (Å²) in [5.41, 5.74) is 0. The molecule has 3 unspecified atom stereocenters. The zero-order chi connectivity index (χ0) is 20.6. The summed E-state index contributed by atoms with van der Waals surface area (Å²) in [6.07, 6.45) is 15.2. The average molecular weight is 403 g/mol. The first-order valence-electron chi connectivity index (χ1n) is 11.9. The zero-order valence-corrected chi connectivity index (χ0v) is 18.4. The van der Waals surface area contributed by atoms with Crippen molar-refractivity contribution in [1.82, 2.24) is 0 Å². The molecule has 0 aromatic heterocycles. The number of aliphatic hydroxyl groups excluding tert-OH is 3. The molecule has 1 saturated heterocycles. The standard InChI is InChI=1S/C23H46O5/c1-3-4-5-6-7-8-9-10-11-12-13-14-15-16-17-27-23-19(2)21(25)22(26)20(18-24)28-23/h19-26H,3-18H2,1-2H3/t19?,20?,21?,22-,23+/m0/s1. The molecule has 0 spiro atoms. The van der Waals surface area contributed by atoms with Crippen molar-refractivity contribution in [1.29, 1.82) is 0 Å². The highest BCUT2D eigenvalue weighted by Gasteiger charge is 2.42. The van der Waals surface area contributed by atoms with Crippen molar-refractivity contribution in [3.05, 3.63) is 0 Å². The lowest BCUT2D eigenvalue weighted by atomic mass is 9.92. The van der Waals surface area contributed by atoms with Crippen LogP contribution in [0.5, 0.6) is 0 Å². The monoisotopic (exact) mass is 402 g/mol. The third-order valence-electron chi connectivity index (χ3n) is 5.97. The summed E-state index contributed by atoms with van der Waals surface area (Å²) in [7, 11) is 0. The van der Waals surface area contributed by atoms with Crippen molar-refractivity contribution >= 4 is 0 Å². The van der Waals surface area contributed by atoms with E-state index < -0.39 is 24.6 Å². The number of unbranched alkanes of at least 4 members (excludes halogenated alkanes) is 13. The van der Waals surface area contributed by atoms with Crippen molar-refractivity contribution in [3.63, 3.8) is 0 Å².